The van der Waals surface area contributed by atoms with Crippen LogP contribution in [-0.2, 0) is 0 Å². The Hall–Kier alpha value is -1.60. The predicted octanol–water partition coefficient (Wildman–Crippen LogP) is 1.47. The second-order valence-corrected chi connectivity index (χ2v) is 3.59. The largest absolute Gasteiger partial charge is 0.396 e. The van der Waals surface area contributed by atoms with Crippen LogP contribution in [-0.4, -0.2) is 29.8 Å². The monoisotopic (exact) mass is 219 g/mol. The molecule has 16 heavy (non-hydrogen) atoms. The minimum atomic E-state index is 0.157. The molecule has 0 saturated carbocycles. The number of aryl methyl sites for hydroxylation is 1. The SMILES string of the molecule is CCN(CCCO)c1nc(C)ccc1C#N. The Balaban J connectivity index is 2.98. The molecule has 1 heterocycles. The topological polar surface area (TPSA) is 60.1 Å². The van der Waals surface area contributed by atoms with Crippen LogP contribution in [0.4, 0.5) is 5.82 Å². The number of pyridine rings is 1. The third-order valence-corrected chi connectivity index (χ3v) is 2.40. The van der Waals surface area contributed by atoms with Gasteiger partial charge in [-0.25, -0.2) is 4.98 Å². The number of hydrogen-bond donors (Lipinski definition) is 1. The molecule has 4 nitrogen and oxygen atoms in total. The van der Waals surface area contributed by atoms with Crippen LogP contribution in [0, 0.1) is 18.3 Å². The minimum absolute atomic E-state index is 0.157. The molecule has 1 N–H and O–H groups in total. The first kappa shape index (κ1) is 12.5. The minimum Gasteiger partial charge on any atom is -0.396 e. The summed E-state index contributed by atoms with van der Waals surface area (Å²) in [6.07, 6.45) is 0.689. The van der Waals surface area contributed by atoms with Crippen molar-refractivity contribution in [2.45, 2.75) is 20.3 Å². The highest BCUT2D eigenvalue weighted by atomic mass is 16.3. The molecule has 0 aliphatic rings. The molecule has 1 aromatic heterocycles. The number of nitriles is 1. The van der Waals surface area contributed by atoms with E-state index in [1.807, 2.05) is 24.8 Å². The standard InChI is InChI=1S/C12H17N3O/c1-3-15(7-4-8-16)12-11(9-13)6-5-10(2)14-12/h5-6,16H,3-4,7-8H2,1-2H3. The zero-order valence-corrected chi connectivity index (χ0v) is 9.77. The van der Waals surface area contributed by atoms with Crippen LogP contribution in [0.5, 0.6) is 0 Å². The van der Waals surface area contributed by atoms with E-state index in [0.717, 1.165) is 24.6 Å². The van der Waals surface area contributed by atoms with E-state index < -0.39 is 0 Å². The molecule has 0 fully saturated rings. The summed E-state index contributed by atoms with van der Waals surface area (Å²) in [7, 11) is 0. The molecule has 4 heteroatoms. The Morgan fingerprint density at radius 1 is 1.50 bits per heavy atom. The number of aliphatic hydroxyl groups excluding tert-OH is 1. The third kappa shape index (κ3) is 2.94. The first-order valence-electron chi connectivity index (χ1n) is 5.46. The van der Waals surface area contributed by atoms with Crippen molar-refractivity contribution < 1.29 is 5.11 Å². The summed E-state index contributed by atoms with van der Waals surface area (Å²) >= 11 is 0. The second-order valence-electron chi connectivity index (χ2n) is 3.59. The van der Waals surface area contributed by atoms with Crippen LogP contribution in [0.2, 0.25) is 0 Å². The summed E-state index contributed by atoms with van der Waals surface area (Å²) in [5.41, 5.74) is 1.49. The fourth-order valence-electron chi connectivity index (χ4n) is 1.55. The number of aromatic nitrogens is 1. The normalized spacial score (nSPS) is 9.88. The molecule has 0 bridgehead atoms. The number of hydrogen-bond acceptors (Lipinski definition) is 4. The van der Waals surface area contributed by atoms with Gasteiger partial charge in [0.2, 0.25) is 0 Å². The van der Waals surface area contributed by atoms with Crippen LogP contribution >= 0.6 is 0 Å². The molecule has 0 aromatic carbocycles. The quantitative estimate of drug-likeness (QED) is 0.814. The van der Waals surface area contributed by atoms with Crippen molar-refractivity contribution in [3.8, 4) is 6.07 Å². The Labute approximate surface area is 96.2 Å². The maximum Gasteiger partial charge on any atom is 0.146 e. The van der Waals surface area contributed by atoms with Crippen molar-refractivity contribution in [1.82, 2.24) is 4.98 Å². The van der Waals surface area contributed by atoms with Crippen molar-refractivity contribution in [2.24, 2.45) is 0 Å². The molecular weight excluding hydrogens is 202 g/mol. The highest BCUT2D eigenvalue weighted by Crippen LogP contribution is 2.17. The second kappa shape index (κ2) is 6.09. The smallest absolute Gasteiger partial charge is 0.146 e. The fourth-order valence-corrected chi connectivity index (χ4v) is 1.55. The van der Waals surface area contributed by atoms with Gasteiger partial charge in [-0.15, -0.1) is 0 Å². The molecule has 1 rings (SSSR count). The zero-order chi connectivity index (χ0) is 12.0. The van der Waals surface area contributed by atoms with Gasteiger partial charge < -0.3 is 10.0 Å². The molecule has 0 unspecified atom stereocenters. The lowest BCUT2D eigenvalue weighted by Crippen LogP contribution is -2.26. The summed E-state index contributed by atoms with van der Waals surface area (Å²) in [5.74, 6) is 0.721. The van der Waals surface area contributed by atoms with Gasteiger partial charge in [-0.1, -0.05) is 0 Å². The van der Waals surface area contributed by atoms with E-state index in [1.54, 1.807) is 6.07 Å². The van der Waals surface area contributed by atoms with Gasteiger partial charge in [0.1, 0.15) is 11.9 Å². The Kier molecular flexibility index (Phi) is 4.74. The van der Waals surface area contributed by atoms with Crippen LogP contribution < -0.4 is 4.90 Å². The van der Waals surface area contributed by atoms with Crippen LogP contribution in [0.3, 0.4) is 0 Å². The van der Waals surface area contributed by atoms with Crippen molar-refractivity contribution in [1.29, 1.82) is 5.26 Å². The average Bonchev–Trinajstić information content (AvgIpc) is 2.30. The van der Waals surface area contributed by atoms with Gasteiger partial charge in [0.05, 0.1) is 5.56 Å². The van der Waals surface area contributed by atoms with Crippen LogP contribution in [0.25, 0.3) is 0 Å². The van der Waals surface area contributed by atoms with E-state index in [-0.39, 0.29) is 6.61 Å². The van der Waals surface area contributed by atoms with Crippen LogP contribution in [0.15, 0.2) is 12.1 Å². The lowest BCUT2D eigenvalue weighted by molar-refractivity contribution is 0.289. The van der Waals surface area contributed by atoms with Gasteiger partial charge in [-0.3, -0.25) is 0 Å². The number of anilines is 1. The van der Waals surface area contributed by atoms with Gasteiger partial charge in [0.15, 0.2) is 0 Å². The van der Waals surface area contributed by atoms with Crippen molar-refractivity contribution >= 4 is 5.82 Å². The van der Waals surface area contributed by atoms with E-state index in [1.165, 1.54) is 0 Å². The number of aliphatic hydroxyl groups is 1. The first-order valence-corrected chi connectivity index (χ1v) is 5.46. The lowest BCUT2D eigenvalue weighted by atomic mass is 10.2. The molecule has 0 spiro atoms. The van der Waals surface area contributed by atoms with Crippen LogP contribution in [0.1, 0.15) is 24.6 Å². The Morgan fingerprint density at radius 3 is 2.81 bits per heavy atom. The molecule has 1 aromatic rings. The van der Waals surface area contributed by atoms with E-state index in [0.29, 0.717) is 12.0 Å². The van der Waals surface area contributed by atoms with Crippen molar-refractivity contribution in [3.05, 3.63) is 23.4 Å². The fraction of sp³-hybridized carbons (Fsp3) is 0.500. The molecule has 0 aliphatic carbocycles. The van der Waals surface area contributed by atoms with Crippen molar-refractivity contribution in [2.75, 3.05) is 24.6 Å². The van der Waals surface area contributed by atoms with Gasteiger partial charge in [0.25, 0.3) is 0 Å². The number of rotatable bonds is 5. The maximum absolute atomic E-state index is 9.01. The zero-order valence-electron chi connectivity index (χ0n) is 9.77. The first-order chi connectivity index (χ1) is 7.72. The summed E-state index contributed by atoms with van der Waals surface area (Å²) in [5, 5.41) is 17.8. The number of nitrogens with zero attached hydrogens (tertiary/aromatic N) is 3. The third-order valence-electron chi connectivity index (χ3n) is 2.40. The van der Waals surface area contributed by atoms with Gasteiger partial charge >= 0.3 is 0 Å². The summed E-state index contributed by atoms with van der Waals surface area (Å²) in [6, 6.07) is 5.77. The van der Waals surface area contributed by atoms with E-state index in [2.05, 4.69) is 11.1 Å². The molecule has 0 radical (unpaired) electrons. The summed E-state index contributed by atoms with van der Waals surface area (Å²) in [6.45, 7) is 5.58. The van der Waals surface area contributed by atoms with E-state index in [4.69, 9.17) is 10.4 Å². The maximum atomic E-state index is 9.01. The summed E-state index contributed by atoms with van der Waals surface area (Å²) < 4.78 is 0. The van der Waals surface area contributed by atoms with E-state index >= 15 is 0 Å². The molecular formula is C12H17N3O. The van der Waals surface area contributed by atoms with Crippen molar-refractivity contribution in [3.63, 3.8) is 0 Å². The lowest BCUT2D eigenvalue weighted by Gasteiger charge is -2.22. The molecule has 0 amide bonds. The Morgan fingerprint density at radius 2 is 2.25 bits per heavy atom. The van der Waals surface area contributed by atoms with Gasteiger partial charge in [-0.2, -0.15) is 5.26 Å². The molecule has 0 saturated heterocycles. The molecule has 0 atom stereocenters. The highest BCUT2D eigenvalue weighted by Gasteiger charge is 2.11. The van der Waals surface area contributed by atoms with E-state index in [9.17, 15) is 0 Å². The van der Waals surface area contributed by atoms with Gasteiger partial charge in [0, 0.05) is 25.4 Å². The molecule has 86 valence electrons. The summed E-state index contributed by atoms with van der Waals surface area (Å²) in [4.78, 5) is 6.41. The molecule has 0 aliphatic heterocycles. The highest BCUT2D eigenvalue weighted by molar-refractivity contribution is 5.54. The average molecular weight is 219 g/mol. The predicted molar refractivity (Wildman–Crippen MR) is 63.3 cm³/mol. The van der Waals surface area contributed by atoms with Gasteiger partial charge in [-0.05, 0) is 32.4 Å². The Bertz CT molecular complexity index is 384.